The first kappa shape index (κ1) is 9.18. The third-order valence-corrected chi connectivity index (χ3v) is 3.17. The van der Waals surface area contributed by atoms with Crippen molar-refractivity contribution >= 4 is 38.5 Å². The number of hydrogen-bond acceptors (Lipinski definition) is 2. The van der Waals surface area contributed by atoms with Crippen LogP contribution in [0.25, 0.3) is 0 Å². The SMILES string of the molecule is O=[N+]([O-])C1(I)C=CC(Br)=CC1. The van der Waals surface area contributed by atoms with Crippen molar-refractivity contribution in [3.05, 3.63) is 32.8 Å². The second-order valence-electron chi connectivity index (χ2n) is 2.20. The van der Waals surface area contributed by atoms with Crippen LogP contribution in [0.3, 0.4) is 0 Å². The zero-order valence-electron chi connectivity index (χ0n) is 5.46. The van der Waals surface area contributed by atoms with Gasteiger partial charge in [0.05, 0.1) is 6.42 Å². The van der Waals surface area contributed by atoms with Crippen LogP contribution in [0, 0.1) is 10.1 Å². The minimum Gasteiger partial charge on any atom is -0.263 e. The zero-order valence-corrected chi connectivity index (χ0v) is 9.20. The average Bonchev–Trinajstić information content (AvgIpc) is 1.95. The Labute approximate surface area is 86.0 Å². The van der Waals surface area contributed by atoms with Crippen LogP contribution in [-0.4, -0.2) is 8.47 Å². The number of nitro groups is 1. The topological polar surface area (TPSA) is 43.1 Å². The Hall–Kier alpha value is 0.0900. The molecular formula is C6H5BrINO2. The number of nitrogens with zero attached hydrogens (tertiary/aromatic N) is 1. The van der Waals surface area contributed by atoms with E-state index in [9.17, 15) is 10.1 Å². The summed E-state index contributed by atoms with van der Waals surface area (Å²) in [4.78, 5) is 10.2. The monoisotopic (exact) mass is 329 g/mol. The van der Waals surface area contributed by atoms with Crippen molar-refractivity contribution < 1.29 is 4.92 Å². The molecular weight excluding hydrogens is 325 g/mol. The van der Waals surface area contributed by atoms with Crippen LogP contribution in [0.15, 0.2) is 22.7 Å². The molecule has 0 fully saturated rings. The minimum atomic E-state index is -0.935. The lowest BCUT2D eigenvalue weighted by Gasteiger charge is -2.15. The highest BCUT2D eigenvalue weighted by Crippen LogP contribution is 2.32. The molecule has 0 heterocycles. The van der Waals surface area contributed by atoms with Gasteiger partial charge in [0.25, 0.3) is 3.55 Å². The normalized spacial score (nSPS) is 29.8. The highest BCUT2D eigenvalue weighted by molar-refractivity contribution is 14.1. The third kappa shape index (κ3) is 2.02. The fraction of sp³-hybridized carbons (Fsp3) is 0.333. The molecule has 0 aliphatic heterocycles. The van der Waals surface area contributed by atoms with Gasteiger partial charge in [-0.25, -0.2) is 0 Å². The molecule has 0 aromatic carbocycles. The van der Waals surface area contributed by atoms with E-state index in [1.54, 1.807) is 18.2 Å². The second-order valence-corrected chi connectivity index (χ2v) is 4.99. The Kier molecular flexibility index (Phi) is 2.69. The quantitative estimate of drug-likeness (QED) is 0.244. The molecule has 0 N–H and O–H groups in total. The van der Waals surface area contributed by atoms with Crippen molar-refractivity contribution in [3.8, 4) is 0 Å². The Bertz CT molecular complexity index is 251. The van der Waals surface area contributed by atoms with E-state index in [-0.39, 0.29) is 4.92 Å². The number of halogens is 2. The molecule has 0 aromatic rings. The molecule has 60 valence electrons. The van der Waals surface area contributed by atoms with Gasteiger partial charge in [-0.05, 0) is 6.08 Å². The molecule has 1 rings (SSSR count). The van der Waals surface area contributed by atoms with Gasteiger partial charge in [-0.2, -0.15) is 0 Å². The van der Waals surface area contributed by atoms with Gasteiger partial charge < -0.3 is 0 Å². The number of hydrogen-bond donors (Lipinski definition) is 0. The van der Waals surface area contributed by atoms with Crippen molar-refractivity contribution in [1.29, 1.82) is 0 Å². The van der Waals surface area contributed by atoms with E-state index in [0.29, 0.717) is 6.42 Å². The van der Waals surface area contributed by atoms with E-state index < -0.39 is 3.55 Å². The van der Waals surface area contributed by atoms with Crippen LogP contribution in [0.1, 0.15) is 6.42 Å². The van der Waals surface area contributed by atoms with Gasteiger partial charge in [-0.15, -0.1) is 0 Å². The molecule has 0 saturated heterocycles. The average molecular weight is 330 g/mol. The van der Waals surface area contributed by atoms with Crippen LogP contribution < -0.4 is 0 Å². The van der Waals surface area contributed by atoms with Crippen molar-refractivity contribution in [2.75, 3.05) is 0 Å². The lowest BCUT2D eigenvalue weighted by atomic mass is 10.1. The molecule has 0 radical (unpaired) electrons. The van der Waals surface area contributed by atoms with Gasteiger partial charge >= 0.3 is 0 Å². The van der Waals surface area contributed by atoms with E-state index in [2.05, 4.69) is 15.9 Å². The number of alkyl halides is 1. The zero-order chi connectivity index (χ0) is 8.48. The van der Waals surface area contributed by atoms with Crippen LogP contribution in [0.5, 0.6) is 0 Å². The molecule has 0 bridgehead atoms. The van der Waals surface area contributed by atoms with Crippen LogP contribution in [-0.2, 0) is 0 Å². The van der Waals surface area contributed by atoms with E-state index >= 15 is 0 Å². The maximum Gasteiger partial charge on any atom is 0.291 e. The maximum atomic E-state index is 10.5. The van der Waals surface area contributed by atoms with Gasteiger partial charge in [0.1, 0.15) is 0 Å². The maximum absolute atomic E-state index is 10.5. The summed E-state index contributed by atoms with van der Waals surface area (Å²) in [5, 5.41) is 10.5. The van der Waals surface area contributed by atoms with Gasteiger partial charge in [-0.3, -0.25) is 10.1 Å². The predicted molar refractivity (Wildman–Crippen MR) is 54.5 cm³/mol. The highest BCUT2D eigenvalue weighted by Gasteiger charge is 2.36. The van der Waals surface area contributed by atoms with Gasteiger partial charge in [0.15, 0.2) is 0 Å². The Morgan fingerprint density at radius 1 is 1.82 bits per heavy atom. The standard InChI is InChI=1S/C6H5BrINO2/c7-5-1-3-6(8,4-2-5)9(10)11/h1-3H,4H2. The summed E-state index contributed by atoms with van der Waals surface area (Å²) < 4.78 is -0.0266. The van der Waals surface area contributed by atoms with E-state index in [1.807, 2.05) is 22.6 Å². The molecule has 11 heavy (non-hydrogen) atoms. The van der Waals surface area contributed by atoms with Gasteiger partial charge in [0, 0.05) is 38.1 Å². The summed E-state index contributed by atoms with van der Waals surface area (Å²) in [6.07, 6.45) is 5.54. The molecule has 1 unspecified atom stereocenters. The summed E-state index contributed by atoms with van der Waals surface area (Å²) >= 11 is 5.08. The summed E-state index contributed by atoms with van der Waals surface area (Å²) in [5.41, 5.74) is 0. The predicted octanol–water partition coefficient (Wildman–Crippen LogP) is 2.63. The van der Waals surface area contributed by atoms with Crippen LogP contribution >= 0.6 is 38.5 Å². The van der Waals surface area contributed by atoms with E-state index in [1.165, 1.54) is 0 Å². The first-order valence-corrected chi connectivity index (χ1v) is 4.80. The Balaban J connectivity index is 2.82. The third-order valence-electron chi connectivity index (χ3n) is 1.38. The smallest absolute Gasteiger partial charge is 0.263 e. The van der Waals surface area contributed by atoms with Crippen molar-refractivity contribution in [2.45, 2.75) is 9.97 Å². The molecule has 3 nitrogen and oxygen atoms in total. The first-order chi connectivity index (χ1) is 5.04. The highest BCUT2D eigenvalue weighted by atomic mass is 127. The fourth-order valence-corrected chi connectivity index (χ4v) is 1.41. The van der Waals surface area contributed by atoms with Crippen LogP contribution in [0.4, 0.5) is 0 Å². The molecule has 1 atom stereocenters. The van der Waals surface area contributed by atoms with Crippen molar-refractivity contribution in [1.82, 2.24) is 0 Å². The molecule has 0 saturated carbocycles. The summed E-state index contributed by atoms with van der Waals surface area (Å²) in [5.74, 6) is 0. The largest absolute Gasteiger partial charge is 0.291 e. The summed E-state index contributed by atoms with van der Waals surface area (Å²) in [6, 6.07) is 0. The van der Waals surface area contributed by atoms with E-state index in [0.717, 1.165) is 4.48 Å². The Morgan fingerprint density at radius 3 is 2.82 bits per heavy atom. The Morgan fingerprint density at radius 2 is 2.45 bits per heavy atom. The summed E-state index contributed by atoms with van der Waals surface area (Å²) in [6.45, 7) is 0. The van der Waals surface area contributed by atoms with Crippen LogP contribution in [0.2, 0.25) is 0 Å². The number of allylic oxidation sites excluding steroid dienone is 2. The lowest BCUT2D eigenvalue weighted by Crippen LogP contribution is -2.28. The molecule has 0 spiro atoms. The minimum absolute atomic E-state index is 0.278. The van der Waals surface area contributed by atoms with E-state index in [4.69, 9.17) is 0 Å². The number of rotatable bonds is 1. The molecule has 1 aliphatic rings. The molecule has 0 aromatic heterocycles. The molecule has 0 amide bonds. The van der Waals surface area contributed by atoms with Crippen molar-refractivity contribution in [2.24, 2.45) is 0 Å². The second kappa shape index (κ2) is 3.22. The molecule has 5 heteroatoms. The lowest BCUT2D eigenvalue weighted by molar-refractivity contribution is -0.516. The van der Waals surface area contributed by atoms with Crippen molar-refractivity contribution in [3.63, 3.8) is 0 Å². The fourth-order valence-electron chi connectivity index (χ4n) is 0.719. The summed E-state index contributed by atoms with van der Waals surface area (Å²) in [7, 11) is 0. The first-order valence-electron chi connectivity index (χ1n) is 2.93. The molecule has 1 aliphatic carbocycles. The van der Waals surface area contributed by atoms with Gasteiger partial charge in [0.2, 0.25) is 0 Å². The van der Waals surface area contributed by atoms with Gasteiger partial charge in [-0.1, -0.05) is 22.0 Å².